The van der Waals surface area contributed by atoms with E-state index in [4.69, 9.17) is 4.98 Å². The number of aromatic nitrogens is 2. The molecule has 0 aliphatic carbocycles. The number of imidazole rings is 1. The lowest BCUT2D eigenvalue weighted by atomic mass is 10.0. The summed E-state index contributed by atoms with van der Waals surface area (Å²) < 4.78 is 2.15. The molecule has 0 bridgehead atoms. The van der Waals surface area contributed by atoms with E-state index in [0.29, 0.717) is 0 Å². The standard InChI is InChI=1S/C21H21N3/c1-2-3-14-22-21-20(23-19-13-6-7-15-24(19)21)18-12-8-10-16-9-4-5-11-17(16)18/h4-13,15,22H,2-3,14H2,1H3. The van der Waals surface area contributed by atoms with Gasteiger partial charge in [0.15, 0.2) is 0 Å². The van der Waals surface area contributed by atoms with Gasteiger partial charge < -0.3 is 5.32 Å². The summed E-state index contributed by atoms with van der Waals surface area (Å²) in [5, 5.41) is 6.08. The minimum Gasteiger partial charge on any atom is -0.369 e. The molecule has 2 aromatic heterocycles. The van der Waals surface area contributed by atoms with Crippen molar-refractivity contribution in [2.24, 2.45) is 0 Å². The first-order valence-corrected chi connectivity index (χ1v) is 8.57. The second-order valence-electron chi connectivity index (χ2n) is 6.04. The summed E-state index contributed by atoms with van der Waals surface area (Å²) in [6.45, 7) is 3.17. The second kappa shape index (κ2) is 6.36. The molecule has 0 aliphatic rings. The molecular formula is C21H21N3. The fourth-order valence-electron chi connectivity index (χ4n) is 3.17. The summed E-state index contributed by atoms with van der Waals surface area (Å²) in [5.74, 6) is 1.08. The highest BCUT2D eigenvalue weighted by molar-refractivity contribution is 5.98. The Labute approximate surface area is 142 Å². The molecule has 0 atom stereocenters. The highest BCUT2D eigenvalue weighted by Gasteiger charge is 2.15. The van der Waals surface area contributed by atoms with Gasteiger partial charge in [-0.15, -0.1) is 0 Å². The topological polar surface area (TPSA) is 29.3 Å². The third kappa shape index (κ3) is 2.52. The van der Waals surface area contributed by atoms with E-state index in [2.05, 4.69) is 71.4 Å². The number of hydrogen-bond donors (Lipinski definition) is 1. The zero-order chi connectivity index (χ0) is 16.4. The van der Waals surface area contributed by atoms with Gasteiger partial charge in [0.25, 0.3) is 0 Å². The Balaban J connectivity index is 1.93. The summed E-state index contributed by atoms with van der Waals surface area (Å²) in [6, 6.07) is 21.0. The number of nitrogens with one attached hydrogen (secondary N) is 1. The van der Waals surface area contributed by atoms with E-state index in [0.717, 1.165) is 30.1 Å². The van der Waals surface area contributed by atoms with Crippen LogP contribution >= 0.6 is 0 Å². The van der Waals surface area contributed by atoms with Crippen LogP contribution in [0.15, 0.2) is 66.9 Å². The van der Waals surface area contributed by atoms with Gasteiger partial charge >= 0.3 is 0 Å². The Kier molecular flexibility index (Phi) is 3.91. The largest absolute Gasteiger partial charge is 0.369 e. The lowest BCUT2D eigenvalue weighted by molar-refractivity contribution is 0.830. The third-order valence-electron chi connectivity index (χ3n) is 4.40. The number of unbranched alkanes of at least 4 members (excludes halogenated alkanes) is 1. The molecular weight excluding hydrogens is 294 g/mol. The average molecular weight is 315 g/mol. The van der Waals surface area contributed by atoms with Gasteiger partial charge in [0.05, 0.1) is 0 Å². The minimum absolute atomic E-state index is 0.955. The van der Waals surface area contributed by atoms with Gasteiger partial charge in [0.2, 0.25) is 0 Å². The summed E-state index contributed by atoms with van der Waals surface area (Å²) in [5.41, 5.74) is 3.17. The number of fused-ring (bicyclic) bond motifs is 2. The molecule has 24 heavy (non-hydrogen) atoms. The van der Waals surface area contributed by atoms with Crippen molar-refractivity contribution >= 4 is 22.2 Å². The molecule has 0 fully saturated rings. The quantitative estimate of drug-likeness (QED) is 0.502. The Morgan fingerprint density at radius 2 is 1.79 bits per heavy atom. The Hall–Kier alpha value is -2.81. The lowest BCUT2D eigenvalue weighted by Crippen LogP contribution is -2.04. The van der Waals surface area contributed by atoms with Crippen molar-refractivity contribution in [2.75, 3.05) is 11.9 Å². The molecule has 0 aliphatic heterocycles. The maximum Gasteiger partial charge on any atom is 0.139 e. The predicted molar refractivity (Wildman–Crippen MR) is 102 cm³/mol. The first-order chi connectivity index (χ1) is 11.9. The molecule has 4 rings (SSSR count). The third-order valence-corrected chi connectivity index (χ3v) is 4.40. The maximum atomic E-state index is 4.91. The molecule has 4 aromatic rings. The van der Waals surface area contributed by atoms with Crippen molar-refractivity contribution in [1.29, 1.82) is 0 Å². The molecule has 0 radical (unpaired) electrons. The molecule has 2 heterocycles. The van der Waals surface area contributed by atoms with Crippen LogP contribution < -0.4 is 5.32 Å². The van der Waals surface area contributed by atoms with Crippen molar-refractivity contribution in [3.05, 3.63) is 66.9 Å². The van der Waals surface area contributed by atoms with Crippen LogP contribution in [0, 0.1) is 0 Å². The monoisotopic (exact) mass is 315 g/mol. The fourth-order valence-corrected chi connectivity index (χ4v) is 3.17. The van der Waals surface area contributed by atoms with Crippen LogP contribution in [0.25, 0.3) is 27.7 Å². The lowest BCUT2D eigenvalue weighted by Gasteiger charge is -2.10. The van der Waals surface area contributed by atoms with E-state index >= 15 is 0 Å². The Morgan fingerprint density at radius 1 is 0.958 bits per heavy atom. The second-order valence-corrected chi connectivity index (χ2v) is 6.04. The van der Waals surface area contributed by atoms with Gasteiger partial charge in [-0.25, -0.2) is 4.98 Å². The molecule has 0 saturated carbocycles. The number of nitrogens with zero attached hydrogens (tertiary/aromatic N) is 2. The van der Waals surface area contributed by atoms with Gasteiger partial charge in [0, 0.05) is 18.3 Å². The van der Waals surface area contributed by atoms with E-state index in [-0.39, 0.29) is 0 Å². The van der Waals surface area contributed by atoms with Crippen molar-refractivity contribution in [3.63, 3.8) is 0 Å². The highest BCUT2D eigenvalue weighted by atomic mass is 15.1. The van der Waals surface area contributed by atoms with Crippen LogP contribution in [-0.2, 0) is 0 Å². The molecule has 120 valence electrons. The van der Waals surface area contributed by atoms with Gasteiger partial charge in [0.1, 0.15) is 17.2 Å². The SMILES string of the molecule is CCCCNc1c(-c2cccc3ccccc23)nc2ccccn12. The van der Waals surface area contributed by atoms with E-state index in [9.17, 15) is 0 Å². The van der Waals surface area contributed by atoms with Crippen molar-refractivity contribution in [1.82, 2.24) is 9.38 Å². The van der Waals surface area contributed by atoms with Crippen LogP contribution in [0.5, 0.6) is 0 Å². The van der Waals surface area contributed by atoms with Gasteiger partial charge in [-0.05, 0) is 29.3 Å². The smallest absolute Gasteiger partial charge is 0.139 e. The molecule has 0 amide bonds. The number of pyridine rings is 1. The number of rotatable bonds is 5. The van der Waals surface area contributed by atoms with Crippen molar-refractivity contribution in [3.8, 4) is 11.3 Å². The van der Waals surface area contributed by atoms with Crippen LogP contribution in [0.3, 0.4) is 0 Å². The summed E-state index contributed by atoms with van der Waals surface area (Å²) >= 11 is 0. The maximum absolute atomic E-state index is 4.91. The number of benzene rings is 2. The summed E-state index contributed by atoms with van der Waals surface area (Å²) in [7, 11) is 0. The van der Waals surface area contributed by atoms with E-state index in [1.54, 1.807) is 0 Å². The normalized spacial score (nSPS) is 11.2. The summed E-state index contributed by atoms with van der Waals surface area (Å²) in [6.07, 6.45) is 4.40. The first-order valence-electron chi connectivity index (χ1n) is 8.57. The zero-order valence-electron chi connectivity index (χ0n) is 13.9. The molecule has 1 N–H and O–H groups in total. The average Bonchev–Trinajstić information content (AvgIpc) is 3.00. The number of anilines is 1. The minimum atomic E-state index is 0.955. The Bertz CT molecular complexity index is 979. The van der Waals surface area contributed by atoms with Gasteiger partial charge in [-0.1, -0.05) is 61.9 Å². The van der Waals surface area contributed by atoms with E-state index in [1.807, 2.05) is 12.1 Å². The van der Waals surface area contributed by atoms with Gasteiger partial charge in [-0.2, -0.15) is 0 Å². The number of hydrogen-bond acceptors (Lipinski definition) is 2. The van der Waals surface area contributed by atoms with E-state index in [1.165, 1.54) is 22.8 Å². The van der Waals surface area contributed by atoms with Crippen LogP contribution in [-0.4, -0.2) is 15.9 Å². The van der Waals surface area contributed by atoms with Crippen LogP contribution in [0.4, 0.5) is 5.82 Å². The van der Waals surface area contributed by atoms with Crippen molar-refractivity contribution in [2.45, 2.75) is 19.8 Å². The van der Waals surface area contributed by atoms with Crippen molar-refractivity contribution < 1.29 is 0 Å². The van der Waals surface area contributed by atoms with E-state index < -0.39 is 0 Å². The molecule has 3 nitrogen and oxygen atoms in total. The first kappa shape index (κ1) is 14.8. The van der Waals surface area contributed by atoms with Gasteiger partial charge in [-0.3, -0.25) is 4.40 Å². The fraction of sp³-hybridized carbons (Fsp3) is 0.190. The molecule has 0 saturated heterocycles. The highest BCUT2D eigenvalue weighted by Crippen LogP contribution is 2.33. The molecule has 0 spiro atoms. The molecule has 2 aromatic carbocycles. The summed E-state index contributed by atoms with van der Waals surface area (Å²) in [4.78, 5) is 4.91. The van der Waals surface area contributed by atoms with Crippen LogP contribution in [0.2, 0.25) is 0 Å². The predicted octanol–water partition coefficient (Wildman–Crippen LogP) is 5.37. The molecule has 3 heteroatoms. The van der Waals surface area contributed by atoms with Crippen LogP contribution in [0.1, 0.15) is 19.8 Å². The Morgan fingerprint density at radius 3 is 2.71 bits per heavy atom. The molecule has 0 unspecified atom stereocenters. The zero-order valence-corrected chi connectivity index (χ0v) is 13.9.